The minimum Gasteiger partial charge on any atom is -0.371 e. The summed E-state index contributed by atoms with van der Waals surface area (Å²) in [6, 6.07) is 5.21. The van der Waals surface area contributed by atoms with Gasteiger partial charge in [-0.25, -0.2) is 8.42 Å². The number of anilines is 2. The molecule has 0 spiro atoms. The van der Waals surface area contributed by atoms with Crippen molar-refractivity contribution in [2.75, 3.05) is 23.3 Å². The van der Waals surface area contributed by atoms with Crippen LogP contribution in [0.25, 0.3) is 0 Å². The summed E-state index contributed by atoms with van der Waals surface area (Å²) in [4.78, 5) is 13.3. The van der Waals surface area contributed by atoms with Gasteiger partial charge in [0.25, 0.3) is 0 Å². The van der Waals surface area contributed by atoms with Gasteiger partial charge >= 0.3 is 0 Å². The molecule has 0 aromatic heterocycles. The molecule has 6 heteroatoms. The Labute approximate surface area is 132 Å². The molecule has 1 atom stereocenters. The minimum atomic E-state index is -3.43. The average molecular weight is 324 g/mol. The van der Waals surface area contributed by atoms with Crippen LogP contribution in [0.1, 0.15) is 33.6 Å². The number of benzene rings is 1. The van der Waals surface area contributed by atoms with E-state index >= 15 is 0 Å². The van der Waals surface area contributed by atoms with Crippen molar-refractivity contribution < 1.29 is 13.2 Å². The lowest BCUT2D eigenvalue weighted by Gasteiger charge is -2.33. The normalized spacial score (nSPS) is 19.3. The highest BCUT2D eigenvalue weighted by Gasteiger charge is 2.24. The third-order valence-corrected chi connectivity index (χ3v) is 6.34. The third-order valence-electron chi connectivity index (χ3n) is 4.13. The lowest BCUT2D eigenvalue weighted by molar-refractivity contribution is -0.105. The summed E-state index contributed by atoms with van der Waals surface area (Å²) < 4.78 is 24.8. The highest BCUT2D eigenvalue weighted by molar-refractivity contribution is 7.92. The second-order valence-corrected chi connectivity index (χ2v) is 8.70. The molecule has 1 saturated heterocycles. The maximum atomic E-state index is 12.4. The van der Waals surface area contributed by atoms with Gasteiger partial charge in [0.05, 0.1) is 15.8 Å². The zero-order valence-electron chi connectivity index (χ0n) is 13.4. The van der Waals surface area contributed by atoms with Crippen molar-refractivity contribution in [2.45, 2.75) is 43.8 Å². The van der Waals surface area contributed by atoms with E-state index in [1.54, 1.807) is 26.0 Å². The van der Waals surface area contributed by atoms with Crippen LogP contribution in [0.4, 0.5) is 11.4 Å². The van der Waals surface area contributed by atoms with Crippen molar-refractivity contribution in [3.63, 3.8) is 0 Å². The SMILES string of the molecule is CC1CCCN(c2ccc(S(=O)(=O)C(C)C)c(NC=O)c2)C1. The van der Waals surface area contributed by atoms with E-state index in [9.17, 15) is 13.2 Å². The Kier molecular flexibility index (Phi) is 5.11. The number of hydrogen-bond acceptors (Lipinski definition) is 4. The van der Waals surface area contributed by atoms with E-state index in [1.807, 2.05) is 6.07 Å². The zero-order valence-corrected chi connectivity index (χ0v) is 14.2. The number of hydrogen-bond donors (Lipinski definition) is 1. The first-order chi connectivity index (χ1) is 10.4. The number of nitrogens with zero attached hydrogens (tertiary/aromatic N) is 1. The highest BCUT2D eigenvalue weighted by atomic mass is 32.2. The summed E-state index contributed by atoms with van der Waals surface area (Å²) in [7, 11) is -3.43. The van der Waals surface area contributed by atoms with Gasteiger partial charge in [0.15, 0.2) is 9.84 Å². The lowest BCUT2D eigenvalue weighted by Crippen LogP contribution is -2.34. The summed E-state index contributed by atoms with van der Waals surface area (Å²) in [5, 5.41) is 2.01. The molecule has 0 aliphatic carbocycles. The van der Waals surface area contributed by atoms with Gasteiger partial charge < -0.3 is 10.2 Å². The second-order valence-electron chi connectivity index (χ2n) is 6.23. The molecular weight excluding hydrogens is 300 g/mol. The van der Waals surface area contributed by atoms with Crippen LogP contribution < -0.4 is 10.2 Å². The molecule has 0 radical (unpaired) electrons. The van der Waals surface area contributed by atoms with Crippen LogP contribution in [-0.2, 0) is 14.6 Å². The van der Waals surface area contributed by atoms with E-state index in [1.165, 1.54) is 6.42 Å². The highest BCUT2D eigenvalue weighted by Crippen LogP contribution is 2.31. The van der Waals surface area contributed by atoms with Gasteiger partial charge in [-0.3, -0.25) is 4.79 Å². The molecule has 1 heterocycles. The largest absolute Gasteiger partial charge is 0.371 e. The fourth-order valence-corrected chi connectivity index (χ4v) is 4.01. The minimum absolute atomic E-state index is 0.184. The van der Waals surface area contributed by atoms with Gasteiger partial charge in [0, 0.05) is 18.8 Å². The number of rotatable bonds is 5. The van der Waals surface area contributed by atoms with Gasteiger partial charge in [0.2, 0.25) is 6.41 Å². The van der Waals surface area contributed by atoms with E-state index in [0.717, 1.165) is 25.2 Å². The van der Waals surface area contributed by atoms with E-state index < -0.39 is 15.1 Å². The predicted molar refractivity (Wildman–Crippen MR) is 89.1 cm³/mol. The van der Waals surface area contributed by atoms with Gasteiger partial charge in [-0.2, -0.15) is 0 Å². The molecule has 0 saturated carbocycles. The number of carbonyl (C=O) groups is 1. The number of nitrogens with one attached hydrogen (secondary N) is 1. The quantitative estimate of drug-likeness (QED) is 0.846. The molecular formula is C16H24N2O3S. The van der Waals surface area contributed by atoms with Crippen LogP contribution >= 0.6 is 0 Å². The van der Waals surface area contributed by atoms with Crippen LogP contribution in [0.3, 0.4) is 0 Å². The molecule has 1 amide bonds. The van der Waals surface area contributed by atoms with Gasteiger partial charge in [0.1, 0.15) is 0 Å². The molecule has 1 aromatic rings. The summed E-state index contributed by atoms with van der Waals surface area (Å²) in [6.45, 7) is 7.41. The molecule has 1 unspecified atom stereocenters. The molecule has 1 aromatic carbocycles. The maximum absolute atomic E-state index is 12.4. The van der Waals surface area contributed by atoms with Crippen LogP contribution in [0.15, 0.2) is 23.1 Å². The number of piperidine rings is 1. The fraction of sp³-hybridized carbons (Fsp3) is 0.562. The average Bonchev–Trinajstić information content (AvgIpc) is 2.47. The van der Waals surface area contributed by atoms with Gasteiger partial charge in [-0.05, 0) is 50.8 Å². The zero-order chi connectivity index (χ0) is 16.3. The summed E-state index contributed by atoms with van der Waals surface area (Å²) >= 11 is 0. The Balaban J connectivity index is 2.41. The molecule has 1 fully saturated rings. The van der Waals surface area contributed by atoms with Gasteiger partial charge in [-0.15, -0.1) is 0 Å². The Morgan fingerprint density at radius 3 is 2.68 bits per heavy atom. The molecule has 122 valence electrons. The summed E-state index contributed by atoms with van der Waals surface area (Å²) in [6.07, 6.45) is 2.87. The monoisotopic (exact) mass is 324 g/mol. The number of carbonyl (C=O) groups excluding carboxylic acids is 1. The standard InChI is InChI=1S/C16H24N2O3S/c1-12(2)22(20,21)16-7-6-14(9-15(16)17-11-19)18-8-4-5-13(3)10-18/h6-7,9,11-13H,4-5,8,10H2,1-3H3,(H,17,19). The summed E-state index contributed by atoms with van der Waals surface area (Å²) in [5.41, 5.74) is 1.32. The Morgan fingerprint density at radius 2 is 2.09 bits per heavy atom. The van der Waals surface area contributed by atoms with Crippen LogP contribution in [-0.4, -0.2) is 33.2 Å². The van der Waals surface area contributed by atoms with Crippen molar-refractivity contribution in [1.29, 1.82) is 0 Å². The molecule has 2 rings (SSSR count). The van der Waals surface area contributed by atoms with Crippen molar-refractivity contribution in [1.82, 2.24) is 0 Å². The summed E-state index contributed by atoms with van der Waals surface area (Å²) in [5.74, 6) is 0.621. The fourth-order valence-electron chi connectivity index (χ4n) is 2.82. The first-order valence-corrected chi connectivity index (χ1v) is 9.24. The van der Waals surface area contributed by atoms with Crippen LogP contribution in [0, 0.1) is 5.92 Å². The molecule has 0 bridgehead atoms. The molecule has 1 aliphatic heterocycles. The maximum Gasteiger partial charge on any atom is 0.211 e. The Bertz CT molecular complexity index is 641. The van der Waals surface area contributed by atoms with Crippen molar-refractivity contribution >= 4 is 27.6 Å². The molecule has 1 aliphatic rings. The molecule has 22 heavy (non-hydrogen) atoms. The van der Waals surface area contributed by atoms with E-state index in [4.69, 9.17) is 0 Å². The van der Waals surface area contributed by atoms with E-state index in [2.05, 4.69) is 17.1 Å². The molecule has 5 nitrogen and oxygen atoms in total. The van der Waals surface area contributed by atoms with Crippen molar-refractivity contribution in [3.05, 3.63) is 18.2 Å². The van der Waals surface area contributed by atoms with Gasteiger partial charge in [-0.1, -0.05) is 6.92 Å². The predicted octanol–water partition coefficient (Wildman–Crippen LogP) is 2.67. The first kappa shape index (κ1) is 16.8. The Hall–Kier alpha value is -1.56. The van der Waals surface area contributed by atoms with Crippen molar-refractivity contribution in [3.8, 4) is 0 Å². The van der Waals surface area contributed by atoms with E-state index in [-0.39, 0.29) is 4.90 Å². The smallest absolute Gasteiger partial charge is 0.211 e. The number of amides is 1. The second kappa shape index (κ2) is 6.69. The lowest BCUT2D eigenvalue weighted by atomic mass is 10.00. The first-order valence-electron chi connectivity index (χ1n) is 7.69. The topological polar surface area (TPSA) is 66.5 Å². The van der Waals surface area contributed by atoms with Crippen LogP contribution in [0.5, 0.6) is 0 Å². The Morgan fingerprint density at radius 1 is 1.36 bits per heavy atom. The third kappa shape index (κ3) is 3.43. The van der Waals surface area contributed by atoms with Crippen molar-refractivity contribution in [2.24, 2.45) is 5.92 Å². The van der Waals surface area contributed by atoms with Crippen LogP contribution in [0.2, 0.25) is 0 Å². The molecule has 1 N–H and O–H groups in total. The van der Waals surface area contributed by atoms with E-state index in [0.29, 0.717) is 18.0 Å². The number of sulfone groups is 1.